The first-order chi connectivity index (χ1) is 15.3. The van der Waals surface area contributed by atoms with E-state index in [0.717, 1.165) is 50.3 Å². The first kappa shape index (κ1) is 22.0. The van der Waals surface area contributed by atoms with E-state index in [1.165, 1.54) is 11.0 Å². The lowest BCUT2D eigenvalue weighted by atomic mass is 9.77. The number of allylic oxidation sites excluding steroid dienone is 2. The summed E-state index contributed by atoms with van der Waals surface area (Å²) in [4.78, 5) is 29.1. The Morgan fingerprint density at radius 3 is 2.56 bits per heavy atom. The number of nitrogens with two attached hydrogens (primary N) is 2. The molecule has 0 saturated carbocycles. The predicted molar refractivity (Wildman–Crippen MR) is 116 cm³/mol. The minimum absolute atomic E-state index is 0.132. The van der Waals surface area contributed by atoms with Crippen molar-refractivity contribution in [2.45, 2.75) is 33.1 Å². The third-order valence-electron chi connectivity index (χ3n) is 6.89. The fourth-order valence-electron chi connectivity index (χ4n) is 4.65. The summed E-state index contributed by atoms with van der Waals surface area (Å²) < 4.78 is 6.46. The third-order valence-corrected chi connectivity index (χ3v) is 6.89. The van der Waals surface area contributed by atoms with Crippen molar-refractivity contribution >= 4 is 17.7 Å². The Kier molecular flexibility index (Phi) is 6.00. The maximum Gasteiger partial charge on any atom is 0.336 e. The molecule has 11 nitrogen and oxygen atoms in total. The van der Waals surface area contributed by atoms with E-state index < -0.39 is 0 Å². The van der Waals surface area contributed by atoms with E-state index in [1.54, 1.807) is 24.0 Å². The Morgan fingerprint density at radius 1 is 1.22 bits per heavy atom. The third kappa shape index (κ3) is 4.12. The van der Waals surface area contributed by atoms with Crippen LogP contribution in [0.4, 0.5) is 0 Å². The van der Waals surface area contributed by atoms with Gasteiger partial charge in [0.25, 0.3) is 0 Å². The molecule has 2 fully saturated rings. The van der Waals surface area contributed by atoms with Crippen LogP contribution in [0.2, 0.25) is 0 Å². The number of hydrogen-bond acceptors (Lipinski definition) is 9. The Balaban J connectivity index is 1.32. The number of carbonyl (C=O) groups is 2. The van der Waals surface area contributed by atoms with Crippen LogP contribution in [0.3, 0.4) is 0 Å². The monoisotopic (exact) mass is 442 g/mol. The minimum Gasteiger partial charge on any atom is -0.456 e. The molecule has 11 heteroatoms. The Bertz CT molecular complexity index is 973. The number of hydrogen-bond donors (Lipinski definition) is 2. The highest BCUT2D eigenvalue weighted by molar-refractivity contribution is 5.94. The number of rotatable bonds is 6. The fourth-order valence-corrected chi connectivity index (χ4v) is 4.65. The van der Waals surface area contributed by atoms with E-state index in [-0.39, 0.29) is 29.8 Å². The SMILES string of the molecule is CC1=C(N2CCC3(CCN(C[C@@H](C)/C(N)=C/C=C(\N)n4cnnn4)CC3)C2=O)COC1=O. The zero-order chi connectivity index (χ0) is 22.9. The molecule has 1 amide bonds. The van der Waals surface area contributed by atoms with Gasteiger partial charge < -0.3 is 26.0 Å². The van der Waals surface area contributed by atoms with Crippen LogP contribution in [-0.4, -0.2) is 74.7 Å². The summed E-state index contributed by atoms with van der Waals surface area (Å²) in [7, 11) is 0. The van der Waals surface area contributed by atoms with Crippen molar-refractivity contribution in [1.29, 1.82) is 0 Å². The summed E-state index contributed by atoms with van der Waals surface area (Å²) in [6.07, 6.45) is 7.34. The molecule has 3 aliphatic heterocycles. The van der Waals surface area contributed by atoms with Crippen molar-refractivity contribution in [3.05, 3.63) is 35.4 Å². The molecule has 4 heterocycles. The van der Waals surface area contributed by atoms with Gasteiger partial charge in [-0.05, 0) is 61.9 Å². The van der Waals surface area contributed by atoms with E-state index in [2.05, 4.69) is 27.3 Å². The fraction of sp³-hybridized carbons (Fsp3) is 0.571. The van der Waals surface area contributed by atoms with Crippen LogP contribution in [0.25, 0.3) is 5.82 Å². The summed E-state index contributed by atoms with van der Waals surface area (Å²) in [6.45, 7) is 7.15. The zero-order valence-corrected chi connectivity index (χ0v) is 18.5. The van der Waals surface area contributed by atoms with Gasteiger partial charge in [0.1, 0.15) is 18.8 Å². The van der Waals surface area contributed by atoms with Gasteiger partial charge in [-0.25, -0.2) is 4.79 Å². The van der Waals surface area contributed by atoms with Gasteiger partial charge in [-0.15, -0.1) is 5.10 Å². The van der Waals surface area contributed by atoms with Crippen LogP contribution in [0.1, 0.15) is 33.1 Å². The Labute approximate surface area is 186 Å². The number of nitrogens with zero attached hydrogens (tertiary/aromatic N) is 6. The van der Waals surface area contributed by atoms with Crippen molar-refractivity contribution in [3.63, 3.8) is 0 Å². The van der Waals surface area contributed by atoms with Crippen LogP contribution >= 0.6 is 0 Å². The summed E-state index contributed by atoms with van der Waals surface area (Å²) in [5.74, 6) is 0.333. The van der Waals surface area contributed by atoms with E-state index in [9.17, 15) is 9.59 Å². The summed E-state index contributed by atoms with van der Waals surface area (Å²) in [6, 6.07) is 0. The summed E-state index contributed by atoms with van der Waals surface area (Å²) in [5, 5.41) is 10.8. The highest BCUT2D eigenvalue weighted by Gasteiger charge is 2.50. The van der Waals surface area contributed by atoms with Crippen molar-refractivity contribution < 1.29 is 14.3 Å². The molecule has 0 radical (unpaired) electrons. The number of carbonyl (C=O) groups excluding carboxylic acids is 2. The lowest BCUT2D eigenvalue weighted by Crippen LogP contribution is -2.46. The maximum atomic E-state index is 13.2. The number of piperidine rings is 1. The lowest BCUT2D eigenvalue weighted by molar-refractivity contribution is -0.138. The van der Waals surface area contributed by atoms with Crippen LogP contribution in [-0.2, 0) is 14.3 Å². The Hall–Kier alpha value is -3.21. The molecule has 1 aromatic rings. The normalized spacial score (nSPS) is 23.4. The van der Waals surface area contributed by atoms with Crippen molar-refractivity contribution in [2.75, 3.05) is 32.8 Å². The predicted octanol–water partition coefficient (Wildman–Crippen LogP) is 0.0542. The van der Waals surface area contributed by atoms with Crippen LogP contribution in [0.15, 0.2) is 35.4 Å². The smallest absolute Gasteiger partial charge is 0.336 e. The second-order valence-electron chi connectivity index (χ2n) is 8.85. The van der Waals surface area contributed by atoms with Gasteiger partial charge in [0.15, 0.2) is 0 Å². The number of ether oxygens (including phenoxy) is 1. The molecule has 4 rings (SSSR count). The number of aromatic nitrogens is 4. The number of tetrazole rings is 1. The van der Waals surface area contributed by atoms with Gasteiger partial charge in [0.05, 0.1) is 16.7 Å². The molecule has 1 atom stereocenters. The first-order valence-electron chi connectivity index (χ1n) is 10.9. The average molecular weight is 443 g/mol. The van der Waals surface area contributed by atoms with E-state index in [0.29, 0.717) is 17.9 Å². The second-order valence-corrected chi connectivity index (χ2v) is 8.85. The van der Waals surface area contributed by atoms with Crippen molar-refractivity contribution in [1.82, 2.24) is 30.0 Å². The topological polar surface area (TPSA) is 145 Å². The van der Waals surface area contributed by atoms with Gasteiger partial charge in [0, 0.05) is 24.7 Å². The van der Waals surface area contributed by atoms with Crippen LogP contribution in [0.5, 0.6) is 0 Å². The Morgan fingerprint density at radius 2 is 1.94 bits per heavy atom. The van der Waals surface area contributed by atoms with E-state index in [1.807, 2.05) is 0 Å². The second kappa shape index (κ2) is 8.73. The summed E-state index contributed by atoms with van der Waals surface area (Å²) in [5.41, 5.74) is 13.9. The van der Waals surface area contributed by atoms with Crippen LogP contribution in [0, 0.1) is 11.3 Å². The van der Waals surface area contributed by atoms with Gasteiger partial charge >= 0.3 is 5.97 Å². The molecular weight excluding hydrogens is 412 g/mol. The first-order valence-corrected chi connectivity index (χ1v) is 10.9. The number of likely N-dealkylation sites (tertiary alicyclic amines) is 2. The minimum atomic E-state index is -0.330. The maximum absolute atomic E-state index is 13.2. The highest BCUT2D eigenvalue weighted by atomic mass is 16.5. The quantitative estimate of drug-likeness (QED) is 0.461. The lowest BCUT2D eigenvalue weighted by Gasteiger charge is -2.39. The number of esters is 1. The molecular formula is C21H30N8O3. The molecule has 4 N–H and O–H groups in total. The summed E-state index contributed by atoms with van der Waals surface area (Å²) >= 11 is 0. The molecule has 3 aliphatic rings. The van der Waals surface area contributed by atoms with Gasteiger partial charge in [0.2, 0.25) is 5.91 Å². The standard InChI is InChI=1S/C21H30N8O3/c1-14(16(22)3-4-18(23)29-13-24-25-26-29)11-27-8-5-21(6-9-27)7-10-28(20(21)31)17-12-32-19(30)15(17)2/h3-4,13-14H,5-12,22-23H2,1-2H3/b16-3-,18-4+/t14-/m1/s1. The largest absolute Gasteiger partial charge is 0.456 e. The highest BCUT2D eigenvalue weighted by Crippen LogP contribution is 2.43. The number of amides is 1. The van der Waals surface area contributed by atoms with Gasteiger partial charge in [-0.1, -0.05) is 6.92 Å². The van der Waals surface area contributed by atoms with Crippen molar-refractivity contribution in [3.8, 4) is 0 Å². The molecule has 172 valence electrons. The molecule has 1 spiro atoms. The van der Waals surface area contributed by atoms with Gasteiger partial charge in [-0.3, -0.25) is 4.79 Å². The van der Waals surface area contributed by atoms with E-state index in [4.69, 9.17) is 16.2 Å². The molecule has 0 aromatic carbocycles. The average Bonchev–Trinajstić information content (AvgIpc) is 3.51. The molecule has 0 aliphatic carbocycles. The van der Waals surface area contributed by atoms with Crippen molar-refractivity contribution in [2.24, 2.45) is 22.8 Å². The molecule has 1 aromatic heterocycles. The van der Waals surface area contributed by atoms with Gasteiger partial charge in [-0.2, -0.15) is 4.68 Å². The van der Waals surface area contributed by atoms with E-state index >= 15 is 0 Å². The zero-order valence-electron chi connectivity index (χ0n) is 18.5. The molecule has 0 bridgehead atoms. The number of cyclic esters (lactones) is 1. The molecule has 0 unspecified atom stereocenters. The molecule has 2 saturated heterocycles. The van der Waals surface area contributed by atoms with Crippen LogP contribution < -0.4 is 11.5 Å². The molecule has 32 heavy (non-hydrogen) atoms.